The van der Waals surface area contributed by atoms with Crippen molar-refractivity contribution >= 4 is 11.9 Å². The molecule has 0 fully saturated rings. The fourth-order valence-electron chi connectivity index (χ4n) is 3.15. The average molecular weight is 375 g/mol. The Morgan fingerprint density at radius 2 is 1.85 bits per heavy atom. The van der Waals surface area contributed by atoms with Gasteiger partial charge >= 0.3 is 12.6 Å². The van der Waals surface area contributed by atoms with Crippen LogP contribution < -0.4 is 4.74 Å². The van der Waals surface area contributed by atoms with Gasteiger partial charge in [-0.15, -0.1) is 0 Å². The zero-order valence-electron chi connectivity index (χ0n) is 14.5. The molecule has 0 aliphatic carbocycles. The number of nitrogens with zero attached hydrogens (tertiary/aromatic N) is 1. The lowest BCUT2D eigenvalue weighted by molar-refractivity contribution is -0.132. The first-order valence-corrected chi connectivity index (χ1v) is 8.59. The largest absolute Gasteiger partial charge is 0.478 e. The highest BCUT2D eigenvalue weighted by atomic mass is 19.3. The minimum Gasteiger partial charge on any atom is -0.478 e. The molecule has 142 valence electrons. The van der Waals surface area contributed by atoms with Crippen LogP contribution in [0.3, 0.4) is 0 Å². The van der Waals surface area contributed by atoms with E-state index in [2.05, 4.69) is 4.74 Å². The number of benzene rings is 2. The van der Waals surface area contributed by atoms with E-state index in [1.165, 1.54) is 12.1 Å². The molecular weight excluding hydrogens is 356 g/mol. The Balaban J connectivity index is 1.57. The molecule has 2 aromatic carbocycles. The summed E-state index contributed by atoms with van der Waals surface area (Å²) in [6.45, 7) is -1.86. The lowest BCUT2D eigenvalue weighted by Crippen LogP contribution is -2.36. The number of hydrogen-bond donors (Lipinski definition) is 1. The first kappa shape index (κ1) is 18.8. The molecule has 0 bridgehead atoms. The number of carbonyl (C=O) groups excluding carboxylic acids is 1. The Kier molecular flexibility index (Phi) is 5.69. The molecule has 2 aromatic rings. The third kappa shape index (κ3) is 4.81. The molecule has 1 heterocycles. The van der Waals surface area contributed by atoms with Crippen LogP contribution >= 0.6 is 0 Å². The van der Waals surface area contributed by atoms with Gasteiger partial charge in [-0.2, -0.15) is 8.78 Å². The minimum absolute atomic E-state index is 0.0192. The summed E-state index contributed by atoms with van der Waals surface area (Å²) >= 11 is 0. The van der Waals surface area contributed by atoms with E-state index < -0.39 is 12.6 Å². The number of carboxylic acid groups (broad SMARTS) is 1. The van der Waals surface area contributed by atoms with Crippen LogP contribution in [-0.4, -0.2) is 35.0 Å². The molecule has 0 aromatic heterocycles. The maximum Gasteiger partial charge on any atom is 0.387 e. The smallest absolute Gasteiger partial charge is 0.387 e. The molecular formula is C20H19F2NO4. The van der Waals surface area contributed by atoms with Gasteiger partial charge in [0.1, 0.15) is 5.75 Å². The van der Waals surface area contributed by atoms with Crippen molar-refractivity contribution < 1.29 is 28.2 Å². The molecule has 0 atom stereocenters. The molecule has 1 N–H and O–H groups in total. The third-order valence-electron chi connectivity index (χ3n) is 4.59. The molecule has 1 aliphatic heterocycles. The Hall–Kier alpha value is -2.96. The second kappa shape index (κ2) is 8.16. The first-order chi connectivity index (χ1) is 12.9. The monoisotopic (exact) mass is 375 g/mol. The van der Waals surface area contributed by atoms with Gasteiger partial charge < -0.3 is 14.7 Å². The second-order valence-corrected chi connectivity index (χ2v) is 6.38. The number of rotatable bonds is 6. The van der Waals surface area contributed by atoms with E-state index in [0.29, 0.717) is 32.4 Å². The first-order valence-electron chi connectivity index (χ1n) is 8.59. The summed E-state index contributed by atoms with van der Waals surface area (Å²) in [5, 5.41) is 9.11. The Labute approximate surface area is 155 Å². The van der Waals surface area contributed by atoms with Gasteiger partial charge in [-0.05, 0) is 53.8 Å². The van der Waals surface area contributed by atoms with Crippen molar-refractivity contribution in [2.45, 2.75) is 32.4 Å². The van der Waals surface area contributed by atoms with Crippen molar-refractivity contribution in [3.05, 3.63) is 64.7 Å². The molecule has 0 unspecified atom stereocenters. The second-order valence-electron chi connectivity index (χ2n) is 6.38. The molecule has 0 saturated heterocycles. The summed E-state index contributed by atoms with van der Waals surface area (Å²) in [5.74, 6) is -0.920. The molecule has 1 aliphatic rings. The van der Waals surface area contributed by atoms with Crippen LogP contribution in [0.15, 0.2) is 42.5 Å². The number of aryl methyl sites for hydroxylation is 1. The van der Waals surface area contributed by atoms with Crippen LogP contribution in [0.4, 0.5) is 8.78 Å². The number of hydrogen-bond acceptors (Lipinski definition) is 3. The fourth-order valence-corrected chi connectivity index (χ4v) is 3.15. The highest BCUT2D eigenvalue weighted by molar-refractivity contribution is 5.88. The maximum atomic E-state index is 12.5. The number of fused-ring (bicyclic) bond motifs is 1. The van der Waals surface area contributed by atoms with Gasteiger partial charge in [0.05, 0.1) is 5.56 Å². The molecule has 0 spiro atoms. The molecule has 7 heteroatoms. The average Bonchev–Trinajstić information content (AvgIpc) is 2.65. The van der Waals surface area contributed by atoms with Gasteiger partial charge in [0, 0.05) is 19.5 Å². The zero-order valence-corrected chi connectivity index (χ0v) is 14.5. The van der Waals surface area contributed by atoms with E-state index in [1.807, 2.05) is 6.07 Å². The SMILES string of the molecule is O=C(O)c1ccc2c(c1)CN(C(=O)CCc1ccc(OC(F)F)cc1)CC2. The number of carbonyl (C=O) groups is 2. The predicted octanol–water partition coefficient (Wildman–Crippen LogP) is 3.50. The van der Waals surface area contributed by atoms with Crippen molar-refractivity contribution in [1.82, 2.24) is 4.90 Å². The van der Waals surface area contributed by atoms with Crippen LogP contribution in [-0.2, 0) is 24.2 Å². The van der Waals surface area contributed by atoms with Crippen molar-refractivity contribution in [3.63, 3.8) is 0 Å². The summed E-state index contributed by atoms with van der Waals surface area (Å²) in [5.41, 5.74) is 3.01. The number of halogens is 2. The van der Waals surface area contributed by atoms with Crippen LogP contribution in [0.5, 0.6) is 5.75 Å². The normalized spacial score (nSPS) is 13.4. The van der Waals surface area contributed by atoms with E-state index in [1.54, 1.807) is 29.2 Å². The van der Waals surface area contributed by atoms with E-state index >= 15 is 0 Å². The highest BCUT2D eigenvalue weighted by Crippen LogP contribution is 2.22. The van der Waals surface area contributed by atoms with Crippen molar-refractivity contribution in [1.29, 1.82) is 0 Å². The molecule has 0 radical (unpaired) electrons. The lowest BCUT2D eigenvalue weighted by Gasteiger charge is -2.29. The van der Waals surface area contributed by atoms with Crippen molar-refractivity contribution in [3.8, 4) is 5.75 Å². The number of carboxylic acids is 1. The third-order valence-corrected chi connectivity index (χ3v) is 4.59. The van der Waals surface area contributed by atoms with Crippen LogP contribution in [0.2, 0.25) is 0 Å². The minimum atomic E-state index is -2.86. The number of ether oxygens (including phenoxy) is 1. The topological polar surface area (TPSA) is 66.8 Å². The van der Waals surface area contributed by atoms with Gasteiger partial charge in [0.25, 0.3) is 0 Å². The van der Waals surface area contributed by atoms with E-state index in [0.717, 1.165) is 16.7 Å². The Morgan fingerprint density at radius 3 is 2.52 bits per heavy atom. The van der Waals surface area contributed by atoms with E-state index in [9.17, 15) is 18.4 Å². The van der Waals surface area contributed by atoms with Crippen molar-refractivity contribution in [2.75, 3.05) is 6.54 Å². The summed E-state index contributed by atoms with van der Waals surface area (Å²) < 4.78 is 28.6. The van der Waals surface area contributed by atoms with E-state index in [4.69, 9.17) is 5.11 Å². The summed E-state index contributed by atoms with van der Waals surface area (Å²) in [4.78, 5) is 25.3. The van der Waals surface area contributed by atoms with Crippen molar-refractivity contribution in [2.24, 2.45) is 0 Å². The Morgan fingerprint density at radius 1 is 1.11 bits per heavy atom. The van der Waals surface area contributed by atoms with Gasteiger partial charge in [0.2, 0.25) is 5.91 Å². The standard InChI is InChI=1S/C20H19F2NO4/c21-20(22)27-17-6-1-13(2-7-17)3-8-18(24)23-10-9-14-4-5-15(19(25)26)11-16(14)12-23/h1-2,4-7,11,20H,3,8-10,12H2,(H,25,26). The molecule has 5 nitrogen and oxygen atoms in total. The predicted molar refractivity (Wildman–Crippen MR) is 93.9 cm³/mol. The Bertz CT molecular complexity index is 836. The van der Waals surface area contributed by atoms with Crippen LogP contribution in [0, 0.1) is 0 Å². The summed E-state index contributed by atoms with van der Waals surface area (Å²) in [6, 6.07) is 11.3. The van der Waals surface area contributed by atoms with Gasteiger partial charge in [-0.1, -0.05) is 18.2 Å². The molecule has 1 amide bonds. The molecule has 27 heavy (non-hydrogen) atoms. The van der Waals surface area contributed by atoms with Gasteiger partial charge in [-0.25, -0.2) is 4.79 Å². The summed E-state index contributed by atoms with van der Waals surface area (Å²) in [6.07, 6.45) is 1.48. The zero-order chi connectivity index (χ0) is 19.4. The summed E-state index contributed by atoms with van der Waals surface area (Å²) in [7, 11) is 0. The number of alkyl halides is 2. The molecule has 0 saturated carbocycles. The van der Waals surface area contributed by atoms with Gasteiger partial charge in [0.15, 0.2) is 0 Å². The van der Waals surface area contributed by atoms with Gasteiger partial charge in [-0.3, -0.25) is 4.79 Å². The molecule has 3 rings (SSSR count). The maximum absolute atomic E-state index is 12.5. The van der Waals surface area contributed by atoms with Crippen LogP contribution in [0.25, 0.3) is 0 Å². The number of aromatic carboxylic acids is 1. The highest BCUT2D eigenvalue weighted by Gasteiger charge is 2.21. The fraction of sp³-hybridized carbons (Fsp3) is 0.300. The lowest BCUT2D eigenvalue weighted by atomic mass is 9.97. The van der Waals surface area contributed by atoms with E-state index in [-0.39, 0.29) is 17.2 Å². The number of amides is 1. The van der Waals surface area contributed by atoms with Crippen LogP contribution in [0.1, 0.15) is 33.5 Å². The quantitative estimate of drug-likeness (QED) is 0.839.